The van der Waals surface area contributed by atoms with E-state index in [4.69, 9.17) is 0 Å². The van der Waals surface area contributed by atoms with Crippen molar-refractivity contribution in [1.29, 1.82) is 0 Å². The minimum Gasteiger partial charge on any atom is -0.254 e. The molecule has 0 N–H and O–H groups in total. The summed E-state index contributed by atoms with van der Waals surface area (Å²) in [6, 6.07) is 19.7. The number of rotatable bonds is 3. The summed E-state index contributed by atoms with van der Waals surface area (Å²) in [6.07, 6.45) is 3.68. The third-order valence-corrected chi connectivity index (χ3v) is 9.83. The van der Waals surface area contributed by atoms with E-state index in [0.29, 0.717) is 0 Å². The largest absolute Gasteiger partial charge is 0.254 e. The van der Waals surface area contributed by atoms with Gasteiger partial charge in [-0.3, -0.25) is 9.97 Å². The summed E-state index contributed by atoms with van der Waals surface area (Å²) in [6.45, 7) is 22.7. The average molecular weight is 585 g/mol. The lowest BCUT2D eigenvalue weighted by atomic mass is 9.32. The molecule has 0 atom stereocenters. The van der Waals surface area contributed by atoms with Crippen LogP contribution in [0, 0.1) is 81.1 Å². The topological polar surface area (TPSA) is 25.8 Å². The average Bonchev–Trinajstić information content (AvgIpc) is 2.99. The maximum Gasteiger partial charge on any atom is 0.243 e. The molecule has 2 aromatic heterocycles. The smallest absolute Gasteiger partial charge is 0.243 e. The molecule has 0 amide bonds. The zero-order valence-electron chi connectivity index (χ0n) is 28.3. The van der Waals surface area contributed by atoms with Gasteiger partial charge in [0.15, 0.2) is 0 Å². The number of aryl methyl sites for hydroxylation is 6. The van der Waals surface area contributed by atoms with Gasteiger partial charge in [-0.25, -0.2) is 0 Å². The summed E-state index contributed by atoms with van der Waals surface area (Å²) in [5, 5.41) is 2.12. The molecule has 4 aromatic carbocycles. The first-order valence-electron chi connectivity index (χ1n) is 15.9. The summed E-state index contributed by atoms with van der Waals surface area (Å²) in [7, 11) is 0. The van der Waals surface area contributed by atoms with Crippen LogP contribution < -0.4 is 16.4 Å². The van der Waals surface area contributed by atoms with Crippen LogP contribution in [0.3, 0.4) is 0 Å². The molecule has 2 heterocycles. The van der Waals surface area contributed by atoms with Crippen molar-refractivity contribution in [2.24, 2.45) is 0 Å². The number of benzene rings is 4. The van der Waals surface area contributed by atoms with Gasteiger partial charge in [-0.2, -0.15) is 0 Å². The number of pyridine rings is 2. The Morgan fingerprint density at radius 2 is 1.04 bits per heavy atom. The van der Waals surface area contributed by atoms with Crippen molar-refractivity contribution < 1.29 is 0 Å². The highest BCUT2D eigenvalue weighted by molar-refractivity contribution is 6.97. The number of fused-ring (bicyclic) bond motifs is 3. The Labute approximate surface area is 269 Å². The second-order valence-electron chi connectivity index (χ2n) is 13.0. The van der Waals surface area contributed by atoms with Gasteiger partial charge >= 0.3 is 0 Å². The molecule has 0 spiro atoms. The lowest BCUT2D eigenvalue weighted by Gasteiger charge is -2.29. The first-order chi connectivity index (χ1) is 21.5. The second kappa shape index (κ2) is 11.7. The number of nitrogens with zero attached hydrogens (tertiary/aromatic N) is 2. The Balaban J connectivity index is 1.58. The van der Waals surface area contributed by atoms with Crippen molar-refractivity contribution in [3.63, 3.8) is 0 Å². The van der Waals surface area contributed by atoms with Crippen molar-refractivity contribution >= 4 is 44.9 Å². The van der Waals surface area contributed by atoms with Crippen molar-refractivity contribution in [2.45, 2.75) is 69.2 Å². The molecule has 0 aliphatic rings. The molecular weight excluding hydrogens is 543 g/mol. The van der Waals surface area contributed by atoms with Crippen LogP contribution in [0.4, 0.5) is 0 Å². The molecule has 0 aliphatic carbocycles. The van der Waals surface area contributed by atoms with E-state index in [1.54, 1.807) is 0 Å². The summed E-state index contributed by atoms with van der Waals surface area (Å²) < 4.78 is 0. The first-order valence-corrected chi connectivity index (χ1v) is 15.9. The van der Waals surface area contributed by atoms with Crippen LogP contribution in [0.5, 0.6) is 0 Å². The van der Waals surface area contributed by atoms with Gasteiger partial charge in [0, 0.05) is 34.3 Å². The normalized spacial score (nSPS) is 11.2. The summed E-state index contributed by atoms with van der Waals surface area (Å²) >= 11 is 0. The zero-order valence-corrected chi connectivity index (χ0v) is 28.3. The van der Waals surface area contributed by atoms with E-state index < -0.39 is 0 Å². The van der Waals surface area contributed by atoms with E-state index in [-0.39, 0.29) is 6.71 Å². The monoisotopic (exact) mass is 584 g/mol. The lowest BCUT2D eigenvalue weighted by molar-refractivity contribution is 1.24. The van der Waals surface area contributed by atoms with E-state index in [1.807, 2.05) is 24.5 Å². The fourth-order valence-corrected chi connectivity index (χ4v) is 7.68. The van der Waals surface area contributed by atoms with Crippen molar-refractivity contribution in [1.82, 2.24) is 9.97 Å². The van der Waals surface area contributed by atoms with Gasteiger partial charge in [-0.05, 0) is 92.5 Å². The molecule has 6 aromatic rings. The molecule has 0 saturated heterocycles. The van der Waals surface area contributed by atoms with E-state index in [1.165, 1.54) is 72.0 Å². The molecule has 6 rings (SSSR count). The number of hydrogen-bond acceptors (Lipinski definition) is 2. The van der Waals surface area contributed by atoms with Gasteiger partial charge in [-0.15, -0.1) is 0 Å². The van der Waals surface area contributed by atoms with Crippen LogP contribution >= 0.6 is 0 Å². The van der Waals surface area contributed by atoms with E-state index in [0.717, 1.165) is 32.9 Å². The quantitative estimate of drug-likeness (QED) is 0.121. The third kappa shape index (κ3) is 5.23. The van der Waals surface area contributed by atoms with Gasteiger partial charge in [0.2, 0.25) is 6.71 Å². The van der Waals surface area contributed by atoms with Gasteiger partial charge in [0.05, 0.1) is 11.0 Å². The van der Waals surface area contributed by atoms with Crippen LogP contribution in [0.1, 0.15) is 66.8 Å². The lowest BCUT2D eigenvalue weighted by Crippen LogP contribution is -2.57. The predicted molar refractivity (Wildman–Crippen MR) is 194 cm³/mol. The standard InChI is InChI=1S/C42H41BN2/c1-24-20-26(3)38(27(4)21-24)43(39-28(5)22-25(2)23-29(39)6)40-32(9)30(7)36(31(8)33(40)10)15-13-34-17-19-45-42-37(34)16-14-35-12-11-18-44-41(35)42/h11-12,14,16-23H,1-10H3. The van der Waals surface area contributed by atoms with Gasteiger partial charge in [0.1, 0.15) is 0 Å². The Hall–Kier alpha value is -4.68. The van der Waals surface area contributed by atoms with Crippen LogP contribution in [0.25, 0.3) is 21.8 Å². The van der Waals surface area contributed by atoms with Crippen LogP contribution in [-0.4, -0.2) is 16.7 Å². The molecule has 0 bridgehead atoms. The van der Waals surface area contributed by atoms with Gasteiger partial charge < -0.3 is 0 Å². The molecule has 0 radical (unpaired) electrons. The maximum absolute atomic E-state index is 4.69. The fraction of sp³-hybridized carbons (Fsp3) is 0.238. The molecular formula is C42H41BN2. The summed E-state index contributed by atoms with van der Waals surface area (Å²) in [5.74, 6) is 7.18. The summed E-state index contributed by atoms with van der Waals surface area (Å²) in [5.41, 5.74) is 21.3. The van der Waals surface area contributed by atoms with Crippen LogP contribution in [-0.2, 0) is 0 Å². The molecule has 0 unspecified atom stereocenters. The Morgan fingerprint density at radius 1 is 0.511 bits per heavy atom. The van der Waals surface area contributed by atoms with Gasteiger partial charge in [0.25, 0.3) is 0 Å². The van der Waals surface area contributed by atoms with Crippen molar-refractivity contribution in [3.8, 4) is 11.8 Å². The van der Waals surface area contributed by atoms with E-state index in [2.05, 4.69) is 134 Å². The van der Waals surface area contributed by atoms with Crippen LogP contribution in [0.2, 0.25) is 0 Å². The molecule has 45 heavy (non-hydrogen) atoms. The molecule has 0 saturated carbocycles. The Kier molecular flexibility index (Phi) is 7.88. The minimum atomic E-state index is 0.135. The minimum absolute atomic E-state index is 0.135. The highest BCUT2D eigenvalue weighted by Crippen LogP contribution is 2.26. The van der Waals surface area contributed by atoms with Gasteiger partial charge in [-0.1, -0.05) is 115 Å². The highest BCUT2D eigenvalue weighted by Gasteiger charge is 2.32. The second-order valence-corrected chi connectivity index (χ2v) is 13.0. The highest BCUT2D eigenvalue weighted by atomic mass is 14.7. The molecule has 0 aliphatic heterocycles. The van der Waals surface area contributed by atoms with E-state index in [9.17, 15) is 0 Å². The molecule has 222 valence electrons. The summed E-state index contributed by atoms with van der Waals surface area (Å²) in [4.78, 5) is 9.31. The van der Waals surface area contributed by atoms with E-state index >= 15 is 0 Å². The third-order valence-electron chi connectivity index (χ3n) is 9.83. The molecule has 0 fully saturated rings. The first kappa shape index (κ1) is 30.4. The molecule has 3 heteroatoms. The SMILES string of the molecule is Cc1cc(C)c(B(c2c(C)cc(C)cc2C)c2c(C)c(C)c(C#Cc3ccnc4c3ccc3cccnc34)c(C)c2C)c(C)c1. The zero-order chi connectivity index (χ0) is 32.2. The van der Waals surface area contributed by atoms with Crippen LogP contribution in [0.15, 0.2) is 67.0 Å². The fourth-order valence-electron chi connectivity index (χ4n) is 7.68. The number of aromatic nitrogens is 2. The Morgan fingerprint density at radius 3 is 1.60 bits per heavy atom. The van der Waals surface area contributed by atoms with Crippen molar-refractivity contribution in [2.75, 3.05) is 0 Å². The number of hydrogen-bond donors (Lipinski definition) is 0. The van der Waals surface area contributed by atoms with Crippen molar-refractivity contribution in [3.05, 3.63) is 134 Å². The Bertz CT molecular complexity index is 2100. The maximum atomic E-state index is 4.69. The molecule has 2 nitrogen and oxygen atoms in total. The predicted octanol–water partition coefficient (Wildman–Crippen LogP) is 7.78.